The minimum atomic E-state index is 0.351. The van der Waals surface area contributed by atoms with Gasteiger partial charge in [0.05, 0.1) is 0 Å². The van der Waals surface area contributed by atoms with Gasteiger partial charge in [0.15, 0.2) is 0 Å². The zero-order valence-corrected chi connectivity index (χ0v) is 9.81. The second-order valence-electron chi connectivity index (χ2n) is 3.56. The molecular formula is C10H16ClN3. The third-order valence-corrected chi connectivity index (χ3v) is 2.24. The van der Waals surface area contributed by atoms with E-state index in [1.807, 2.05) is 13.8 Å². The van der Waals surface area contributed by atoms with Gasteiger partial charge in [0.1, 0.15) is 16.8 Å². The van der Waals surface area contributed by atoms with Gasteiger partial charge in [-0.3, -0.25) is 0 Å². The van der Waals surface area contributed by atoms with E-state index in [9.17, 15) is 0 Å². The summed E-state index contributed by atoms with van der Waals surface area (Å²) in [5.41, 5.74) is 0.914. The first kappa shape index (κ1) is 11.2. The lowest BCUT2D eigenvalue weighted by molar-refractivity contribution is 0.862. The predicted octanol–water partition coefficient (Wildman–Crippen LogP) is 2.82. The van der Waals surface area contributed by atoms with Crippen molar-refractivity contribution in [1.82, 2.24) is 9.97 Å². The summed E-state index contributed by atoms with van der Waals surface area (Å²) in [5.74, 6) is 1.63. The smallest absolute Gasteiger partial charge is 0.137 e. The van der Waals surface area contributed by atoms with Crippen molar-refractivity contribution in [2.24, 2.45) is 0 Å². The highest BCUT2D eigenvalue weighted by atomic mass is 35.5. The number of aromatic nitrogens is 2. The predicted molar refractivity (Wildman–Crippen MR) is 59.9 cm³/mol. The number of hydrogen-bond donors (Lipinski definition) is 1. The van der Waals surface area contributed by atoms with Gasteiger partial charge < -0.3 is 5.32 Å². The molecule has 1 N–H and O–H groups in total. The highest BCUT2D eigenvalue weighted by Gasteiger charge is 2.08. The Kier molecular flexibility index (Phi) is 3.69. The van der Waals surface area contributed by atoms with Gasteiger partial charge in [-0.2, -0.15) is 0 Å². The van der Waals surface area contributed by atoms with Crippen LogP contribution in [0.5, 0.6) is 0 Å². The number of nitrogens with zero attached hydrogens (tertiary/aromatic N) is 2. The molecule has 0 saturated carbocycles. The van der Waals surface area contributed by atoms with E-state index < -0.39 is 0 Å². The Morgan fingerprint density at radius 3 is 2.50 bits per heavy atom. The van der Waals surface area contributed by atoms with E-state index in [2.05, 4.69) is 29.1 Å². The molecule has 1 aromatic rings. The lowest BCUT2D eigenvalue weighted by atomic mass is 10.3. The van der Waals surface area contributed by atoms with Gasteiger partial charge in [0.25, 0.3) is 0 Å². The summed E-state index contributed by atoms with van der Waals surface area (Å²) in [5, 5.41) is 3.79. The molecule has 0 atom stereocenters. The Morgan fingerprint density at radius 2 is 2.00 bits per heavy atom. The zero-order chi connectivity index (χ0) is 10.7. The van der Waals surface area contributed by atoms with Crippen molar-refractivity contribution in [2.75, 3.05) is 5.32 Å². The highest BCUT2D eigenvalue weighted by molar-refractivity contribution is 6.30. The Bertz CT molecular complexity index is 323. The fourth-order valence-electron chi connectivity index (χ4n) is 1.10. The normalized spacial score (nSPS) is 10.7. The van der Waals surface area contributed by atoms with Crippen LogP contribution in [-0.2, 0) is 6.42 Å². The SMILES string of the molecule is CCc1nc(Cl)c(C)c(NC(C)C)n1. The van der Waals surface area contributed by atoms with Crippen LogP contribution >= 0.6 is 11.6 Å². The van der Waals surface area contributed by atoms with Crippen LogP contribution in [0.1, 0.15) is 32.2 Å². The number of anilines is 1. The first-order chi connectivity index (χ1) is 6.54. The largest absolute Gasteiger partial charge is 0.368 e. The summed E-state index contributed by atoms with van der Waals surface area (Å²) in [6.07, 6.45) is 0.798. The summed E-state index contributed by atoms with van der Waals surface area (Å²) >= 11 is 5.99. The molecule has 0 fully saturated rings. The van der Waals surface area contributed by atoms with Crippen molar-refractivity contribution in [3.05, 3.63) is 16.5 Å². The molecule has 1 rings (SSSR count). The number of aryl methyl sites for hydroxylation is 1. The van der Waals surface area contributed by atoms with E-state index in [-0.39, 0.29) is 0 Å². The van der Waals surface area contributed by atoms with Gasteiger partial charge in [-0.1, -0.05) is 18.5 Å². The van der Waals surface area contributed by atoms with E-state index in [4.69, 9.17) is 11.6 Å². The molecule has 3 nitrogen and oxygen atoms in total. The molecule has 0 radical (unpaired) electrons. The molecule has 0 aliphatic heterocycles. The third-order valence-electron chi connectivity index (χ3n) is 1.87. The maximum atomic E-state index is 5.99. The van der Waals surface area contributed by atoms with E-state index in [1.165, 1.54) is 0 Å². The van der Waals surface area contributed by atoms with Crippen LogP contribution in [0.2, 0.25) is 5.15 Å². The van der Waals surface area contributed by atoms with E-state index in [0.29, 0.717) is 11.2 Å². The average Bonchev–Trinajstić information content (AvgIpc) is 2.11. The lowest BCUT2D eigenvalue weighted by Gasteiger charge is -2.13. The zero-order valence-electron chi connectivity index (χ0n) is 9.06. The molecule has 0 bridgehead atoms. The summed E-state index contributed by atoms with van der Waals surface area (Å²) in [7, 11) is 0. The number of halogens is 1. The number of hydrogen-bond acceptors (Lipinski definition) is 3. The molecule has 1 aromatic heterocycles. The van der Waals surface area contributed by atoms with Crippen molar-refractivity contribution >= 4 is 17.4 Å². The minimum Gasteiger partial charge on any atom is -0.368 e. The molecule has 14 heavy (non-hydrogen) atoms. The Morgan fingerprint density at radius 1 is 1.36 bits per heavy atom. The molecule has 1 heterocycles. The van der Waals surface area contributed by atoms with Gasteiger partial charge in [0, 0.05) is 18.0 Å². The molecule has 0 unspecified atom stereocenters. The average molecular weight is 214 g/mol. The van der Waals surface area contributed by atoms with Gasteiger partial charge in [-0.05, 0) is 20.8 Å². The Labute approximate surface area is 89.9 Å². The van der Waals surface area contributed by atoms with Crippen LogP contribution in [0.15, 0.2) is 0 Å². The van der Waals surface area contributed by atoms with Gasteiger partial charge in [-0.25, -0.2) is 9.97 Å². The minimum absolute atomic E-state index is 0.351. The van der Waals surface area contributed by atoms with Gasteiger partial charge in [-0.15, -0.1) is 0 Å². The van der Waals surface area contributed by atoms with E-state index in [0.717, 1.165) is 23.6 Å². The molecule has 4 heteroatoms. The monoisotopic (exact) mass is 213 g/mol. The number of rotatable bonds is 3. The van der Waals surface area contributed by atoms with Gasteiger partial charge in [0.2, 0.25) is 0 Å². The molecule has 0 aromatic carbocycles. The first-order valence-corrected chi connectivity index (χ1v) is 5.22. The van der Waals surface area contributed by atoms with Crippen molar-refractivity contribution < 1.29 is 0 Å². The Balaban J connectivity index is 3.07. The maximum absolute atomic E-state index is 5.99. The van der Waals surface area contributed by atoms with E-state index >= 15 is 0 Å². The molecule has 78 valence electrons. The van der Waals surface area contributed by atoms with Crippen LogP contribution in [0.4, 0.5) is 5.82 Å². The van der Waals surface area contributed by atoms with Crippen molar-refractivity contribution in [1.29, 1.82) is 0 Å². The maximum Gasteiger partial charge on any atom is 0.137 e. The quantitative estimate of drug-likeness (QED) is 0.785. The van der Waals surface area contributed by atoms with Crippen molar-refractivity contribution in [2.45, 2.75) is 40.2 Å². The lowest BCUT2D eigenvalue weighted by Crippen LogP contribution is -2.14. The molecular weight excluding hydrogens is 198 g/mol. The first-order valence-electron chi connectivity index (χ1n) is 4.84. The fourth-order valence-corrected chi connectivity index (χ4v) is 1.29. The van der Waals surface area contributed by atoms with Crippen LogP contribution in [0.25, 0.3) is 0 Å². The topological polar surface area (TPSA) is 37.8 Å². The fraction of sp³-hybridized carbons (Fsp3) is 0.600. The Hall–Kier alpha value is -0.830. The summed E-state index contributed by atoms with van der Waals surface area (Å²) < 4.78 is 0. The van der Waals surface area contributed by atoms with Crippen LogP contribution in [0.3, 0.4) is 0 Å². The summed E-state index contributed by atoms with van der Waals surface area (Å²) in [6.45, 7) is 8.08. The van der Waals surface area contributed by atoms with Crippen LogP contribution < -0.4 is 5.32 Å². The van der Waals surface area contributed by atoms with Crippen molar-refractivity contribution in [3.63, 3.8) is 0 Å². The third kappa shape index (κ3) is 2.58. The second kappa shape index (κ2) is 4.60. The van der Waals surface area contributed by atoms with Crippen LogP contribution in [-0.4, -0.2) is 16.0 Å². The molecule has 0 aliphatic carbocycles. The molecule has 0 amide bonds. The summed E-state index contributed by atoms with van der Waals surface area (Å²) in [4.78, 5) is 8.56. The van der Waals surface area contributed by atoms with E-state index in [1.54, 1.807) is 0 Å². The van der Waals surface area contributed by atoms with Gasteiger partial charge >= 0.3 is 0 Å². The number of nitrogens with one attached hydrogen (secondary N) is 1. The standard InChI is InChI=1S/C10H16ClN3/c1-5-8-13-9(11)7(4)10(14-8)12-6(2)3/h6H,5H2,1-4H3,(H,12,13,14). The molecule has 0 aliphatic rings. The molecule has 0 saturated heterocycles. The highest BCUT2D eigenvalue weighted by Crippen LogP contribution is 2.20. The van der Waals surface area contributed by atoms with Crippen LogP contribution in [0, 0.1) is 6.92 Å². The molecule has 0 spiro atoms. The second-order valence-corrected chi connectivity index (χ2v) is 3.91. The summed E-state index contributed by atoms with van der Waals surface area (Å²) in [6, 6.07) is 0.351. The van der Waals surface area contributed by atoms with Crippen molar-refractivity contribution in [3.8, 4) is 0 Å².